The number of nitrogens with zero attached hydrogens (tertiary/aromatic N) is 1. The first kappa shape index (κ1) is 16.7. The zero-order valence-electron chi connectivity index (χ0n) is 12.8. The third-order valence-electron chi connectivity index (χ3n) is 3.89. The number of aliphatic hydroxyl groups is 1. The molecule has 0 aromatic heterocycles. The highest BCUT2D eigenvalue weighted by atomic mass is 79.9. The second kappa shape index (κ2) is 8.13. The number of ether oxygens (including phenoxy) is 1. The van der Waals surface area contributed by atoms with Gasteiger partial charge in [-0.2, -0.15) is 0 Å². The van der Waals surface area contributed by atoms with Crippen LogP contribution < -0.4 is 10.1 Å². The lowest BCUT2D eigenvalue weighted by Crippen LogP contribution is -2.42. The largest absolute Gasteiger partial charge is 0.491 e. The van der Waals surface area contributed by atoms with E-state index in [9.17, 15) is 5.11 Å². The molecule has 0 amide bonds. The molecule has 2 rings (SSSR count). The minimum absolute atomic E-state index is 0.307. The zero-order valence-corrected chi connectivity index (χ0v) is 14.3. The van der Waals surface area contributed by atoms with Gasteiger partial charge >= 0.3 is 0 Å². The number of hydrogen-bond donors (Lipinski definition) is 2. The maximum absolute atomic E-state index is 9.93. The standard InChI is InChI=1S/C16H25BrN2O2/c1-12(19(2)14-5-6-14)9-18-10-15(20)11-21-16-7-3-13(17)4-8-16/h3-4,7-8,12,14-15,18,20H,5-6,9-11H2,1-2H3. The second-order valence-electron chi connectivity index (χ2n) is 5.82. The van der Waals surface area contributed by atoms with Crippen LogP contribution in [0.25, 0.3) is 0 Å². The summed E-state index contributed by atoms with van der Waals surface area (Å²) in [6, 6.07) is 8.89. The van der Waals surface area contributed by atoms with E-state index in [-0.39, 0.29) is 0 Å². The van der Waals surface area contributed by atoms with E-state index in [0.29, 0.717) is 19.2 Å². The van der Waals surface area contributed by atoms with Gasteiger partial charge in [0, 0.05) is 29.6 Å². The van der Waals surface area contributed by atoms with Gasteiger partial charge in [0.2, 0.25) is 0 Å². The summed E-state index contributed by atoms with van der Waals surface area (Å²) in [5.74, 6) is 0.777. The van der Waals surface area contributed by atoms with Gasteiger partial charge in [0.1, 0.15) is 18.5 Å². The Morgan fingerprint density at radius 2 is 2.00 bits per heavy atom. The first-order valence-electron chi connectivity index (χ1n) is 7.55. The van der Waals surface area contributed by atoms with Crippen LogP contribution in [0.1, 0.15) is 19.8 Å². The van der Waals surface area contributed by atoms with Crippen molar-refractivity contribution in [2.24, 2.45) is 0 Å². The highest BCUT2D eigenvalue weighted by Gasteiger charge is 2.28. The lowest BCUT2D eigenvalue weighted by molar-refractivity contribution is 0.104. The van der Waals surface area contributed by atoms with Crippen molar-refractivity contribution in [2.75, 3.05) is 26.7 Å². The number of rotatable bonds is 9. The molecule has 0 heterocycles. The lowest BCUT2D eigenvalue weighted by Gasteiger charge is -2.25. The van der Waals surface area contributed by atoms with Gasteiger partial charge in [-0.25, -0.2) is 0 Å². The smallest absolute Gasteiger partial charge is 0.119 e. The molecular formula is C16H25BrN2O2. The molecule has 1 aliphatic rings. The second-order valence-corrected chi connectivity index (χ2v) is 6.74. The predicted octanol–water partition coefficient (Wildman–Crippen LogP) is 2.26. The molecule has 2 unspecified atom stereocenters. The van der Waals surface area contributed by atoms with Gasteiger partial charge < -0.3 is 15.2 Å². The molecule has 1 fully saturated rings. The minimum Gasteiger partial charge on any atom is -0.491 e. The lowest BCUT2D eigenvalue weighted by atomic mass is 10.2. The van der Waals surface area contributed by atoms with Crippen LogP contribution in [0.5, 0.6) is 5.75 Å². The molecule has 2 N–H and O–H groups in total. The summed E-state index contributed by atoms with van der Waals surface area (Å²) in [4.78, 5) is 2.41. The maximum Gasteiger partial charge on any atom is 0.119 e. The Balaban J connectivity index is 1.58. The fourth-order valence-corrected chi connectivity index (χ4v) is 2.49. The molecule has 118 valence electrons. The molecule has 0 aliphatic heterocycles. The van der Waals surface area contributed by atoms with E-state index in [0.717, 1.165) is 22.8 Å². The average molecular weight is 357 g/mol. The molecule has 21 heavy (non-hydrogen) atoms. The van der Waals surface area contributed by atoms with Gasteiger partial charge in [0.15, 0.2) is 0 Å². The van der Waals surface area contributed by atoms with E-state index in [4.69, 9.17) is 4.74 Å². The number of aliphatic hydroxyl groups excluding tert-OH is 1. The first-order chi connectivity index (χ1) is 10.1. The molecule has 5 heteroatoms. The van der Waals surface area contributed by atoms with E-state index in [1.165, 1.54) is 12.8 Å². The Hall–Kier alpha value is -0.620. The summed E-state index contributed by atoms with van der Waals surface area (Å²) < 4.78 is 6.57. The minimum atomic E-state index is -0.493. The van der Waals surface area contributed by atoms with Gasteiger partial charge in [-0.1, -0.05) is 15.9 Å². The van der Waals surface area contributed by atoms with E-state index in [1.807, 2.05) is 24.3 Å². The van der Waals surface area contributed by atoms with Crippen LogP contribution in [0.3, 0.4) is 0 Å². The Morgan fingerprint density at radius 3 is 2.62 bits per heavy atom. The maximum atomic E-state index is 9.93. The van der Waals surface area contributed by atoms with Crippen LogP contribution >= 0.6 is 15.9 Å². The van der Waals surface area contributed by atoms with Gasteiger partial charge in [-0.05, 0) is 51.1 Å². The Morgan fingerprint density at radius 1 is 1.33 bits per heavy atom. The van der Waals surface area contributed by atoms with Gasteiger partial charge in [-0.15, -0.1) is 0 Å². The van der Waals surface area contributed by atoms with E-state index < -0.39 is 6.10 Å². The molecule has 1 saturated carbocycles. The van der Waals surface area contributed by atoms with Crippen molar-refractivity contribution in [3.8, 4) is 5.75 Å². The summed E-state index contributed by atoms with van der Waals surface area (Å²) in [5.41, 5.74) is 0. The Labute approximate surface area is 135 Å². The monoisotopic (exact) mass is 356 g/mol. The van der Waals surface area contributed by atoms with Crippen LogP contribution in [0.4, 0.5) is 0 Å². The quantitative estimate of drug-likeness (QED) is 0.712. The topological polar surface area (TPSA) is 44.7 Å². The van der Waals surface area contributed by atoms with E-state index in [2.05, 4.69) is 40.1 Å². The molecule has 1 aromatic carbocycles. The number of halogens is 1. The summed E-state index contributed by atoms with van der Waals surface area (Å²) >= 11 is 3.38. The molecule has 0 saturated heterocycles. The highest BCUT2D eigenvalue weighted by molar-refractivity contribution is 9.10. The van der Waals surface area contributed by atoms with Crippen molar-refractivity contribution >= 4 is 15.9 Å². The molecule has 2 atom stereocenters. The van der Waals surface area contributed by atoms with Crippen LogP contribution in [0.15, 0.2) is 28.7 Å². The summed E-state index contributed by atoms with van der Waals surface area (Å²) in [6.45, 7) is 3.97. The van der Waals surface area contributed by atoms with Gasteiger partial charge in [0.25, 0.3) is 0 Å². The van der Waals surface area contributed by atoms with Crippen LogP contribution in [-0.4, -0.2) is 54.9 Å². The number of benzene rings is 1. The molecule has 4 nitrogen and oxygen atoms in total. The summed E-state index contributed by atoms with van der Waals surface area (Å²) in [5, 5.41) is 13.2. The van der Waals surface area contributed by atoms with Crippen molar-refractivity contribution in [1.29, 1.82) is 0 Å². The molecule has 0 radical (unpaired) electrons. The van der Waals surface area contributed by atoms with Crippen molar-refractivity contribution in [2.45, 2.75) is 38.0 Å². The predicted molar refractivity (Wildman–Crippen MR) is 88.8 cm³/mol. The van der Waals surface area contributed by atoms with Crippen molar-refractivity contribution in [3.05, 3.63) is 28.7 Å². The van der Waals surface area contributed by atoms with E-state index in [1.54, 1.807) is 0 Å². The Kier molecular flexibility index (Phi) is 6.48. The van der Waals surface area contributed by atoms with Crippen molar-refractivity contribution in [3.63, 3.8) is 0 Å². The SMILES string of the molecule is CC(CNCC(O)COc1ccc(Br)cc1)N(C)C1CC1. The number of likely N-dealkylation sites (N-methyl/N-ethyl adjacent to an activating group) is 1. The fraction of sp³-hybridized carbons (Fsp3) is 0.625. The van der Waals surface area contributed by atoms with Crippen LogP contribution in [-0.2, 0) is 0 Å². The first-order valence-corrected chi connectivity index (χ1v) is 8.34. The molecule has 1 aromatic rings. The van der Waals surface area contributed by atoms with Gasteiger partial charge in [-0.3, -0.25) is 4.90 Å². The third-order valence-corrected chi connectivity index (χ3v) is 4.42. The summed E-state index contributed by atoms with van der Waals surface area (Å²) in [7, 11) is 2.18. The molecular weight excluding hydrogens is 332 g/mol. The van der Waals surface area contributed by atoms with Crippen molar-refractivity contribution < 1.29 is 9.84 Å². The molecule has 0 spiro atoms. The van der Waals surface area contributed by atoms with Gasteiger partial charge in [0.05, 0.1) is 0 Å². The van der Waals surface area contributed by atoms with E-state index >= 15 is 0 Å². The summed E-state index contributed by atoms with van der Waals surface area (Å²) in [6.07, 6.45) is 2.15. The average Bonchev–Trinajstić information content (AvgIpc) is 3.30. The van der Waals surface area contributed by atoms with Crippen LogP contribution in [0, 0.1) is 0 Å². The zero-order chi connectivity index (χ0) is 15.2. The molecule has 0 bridgehead atoms. The number of hydrogen-bond acceptors (Lipinski definition) is 4. The Bertz CT molecular complexity index is 423. The van der Waals surface area contributed by atoms with Crippen molar-refractivity contribution in [1.82, 2.24) is 10.2 Å². The molecule has 1 aliphatic carbocycles. The normalized spacial score (nSPS) is 17.8. The third kappa shape index (κ3) is 5.94. The highest BCUT2D eigenvalue weighted by Crippen LogP contribution is 2.26. The van der Waals surface area contributed by atoms with Crippen LogP contribution in [0.2, 0.25) is 0 Å². The fourth-order valence-electron chi connectivity index (χ4n) is 2.23. The number of nitrogens with one attached hydrogen (secondary N) is 1.